The van der Waals surface area contributed by atoms with Gasteiger partial charge in [-0.15, -0.1) is 0 Å². The zero-order valence-electron chi connectivity index (χ0n) is 16.9. The summed E-state index contributed by atoms with van der Waals surface area (Å²) in [6.07, 6.45) is 0. The second-order valence-corrected chi connectivity index (χ2v) is 6.92. The number of benzene rings is 2. The van der Waals surface area contributed by atoms with E-state index >= 15 is 8.78 Å². The van der Waals surface area contributed by atoms with Crippen LogP contribution in [0.4, 0.5) is 8.78 Å². The lowest BCUT2D eigenvalue weighted by Gasteiger charge is -2.48. The van der Waals surface area contributed by atoms with E-state index in [1.165, 1.54) is 26.4 Å². The van der Waals surface area contributed by atoms with Gasteiger partial charge in [0.1, 0.15) is 23.1 Å². The summed E-state index contributed by atoms with van der Waals surface area (Å²) in [5.41, 5.74) is 1.11. The van der Waals surface area contributed by atoms with Crippen molar-refractivity contribution in [2.75, 3.05) is 40.4 Å². The van der Waals surface area contributed by atoms with E-state index in [1.807, 2.05) is 0 Å². The fourth-order valence-corrected chi connectivity index (χ4v) is 4.13. The van der Waals surface area contributed by atoms with Gasteiger partial charge in [0, 0.05) is 36.3 Å². The van der Waals surface area contributed by atoms with Crippen LogP contribution in [0, 0.1) is 11.6 Å². The molecule has 0 N–H and O–H groups in total. The number of ether oxygens (including phenoxy) is 2. The van der Waals surface area contributed by atoms with Crippen molar-refractivity contribution >= 4 is 0 Å². The van der Waals surface area contributed by atoms with Crippen LogP contribution in [0.15, 0.2) is 36.4 Å². The van der Waals surface area contributed by atoms with Crippen molar-refractivity contribution < 1.29 is 18.3 Å². The molecule has 0 radical (unpaired) electrons. The lowest BCUT2D eigenvalue weighted by atomic mass is 9.88. The van der Waals surface area contributed by atoms with Crippen molar-refractivity contribution in [2.24, 2.45) is 0 Å². The van der Waals surface area contributed by atoms with Crippen LogP contribution in [-0.4, -0.2) is 50.2 Å². The topological polar surface area (TPSA) is 24.9 Å². The molecule has 6 heteroatoms. The molecule has 28 heavy (non-hydrogen) atoms. The van der Waals surface area contributed by atoms with Gasteiger partial charge in [-0.1, -0.05) is 26.0 Å². The fraction of sp³-hybridized carbons (Fsp3) is 0.455. The van der Waals surface area contributed by atoms with Crippen molar-refractivity contribution in [1.29, 1.82) is 0 Å². The molecule has 3 rings (SSSR count). The number of piperazine rings is 1. The van der Waals surface area contributed by atoms with Crippen LogP contribution < -0.4 is 9.47 Å². The van der Waals surface area contributed by atoms with Crippen LogP contribution in [0.3, 0.4) is 0 Å². The molecule has 0 spiro atoms. The maximum absolute atomic E-state index is 15.0. The van der Waals surface area contributed by atoms with E-state index in [9.17, 15) is 0 Å². The van der Waals surface area contributed by atoms with Crippen molar-refractivity contribution in [1.82, 2.24) is 9.80 Å². The zero-order valence-corrected chi connectivity index (χ0v) is 16.9. The molecule has 0 bridgehead atoms. The SMILES string of the molecule is CCN1CCN(CC)[C@@H](c2ccc(OC)cc2F)[C@H]1c1ccc(OC)cc1F. The molecule has 0 amide bonds. The fourth-order valence-electron chi connectivity index (χ4n) is 4.13. The normalized spacial score (nSPS) is 20.9. The summed E-state index contributed by atoms with van der Waals surface area (Å²) in [5, 5.41) is 0. The molecule has 2 aromatic rings. The highest BCUT2D eigenvalue weighted by Crippen LogP contribution is 2.43. The van der Waals surface area contributed by atoms with Gasteiger partial charge < -0.3 is 9.47 Å². The van der Waals surface area contributed by atoms with E-state index in [0.29, 0.717) is 22.6 Å². The van der Waals surface area contributed by atoms with Crippen molar-refractivity contribution in [3.8, 4) is 11.5 Å². The van der Waals surface area contributed by atoms with E-state index in [1.54, 1.807) is 24.3 Å². The molecule has 2 aromatic carbocycles. The Morgan fingerprint density at radius 2 is 1.18 bits per heavy atom. The van der Waals surface area contributed by atoms with E-state index in [-0.39, 0.29) is 23.7 Å². The molecule has 0 saturated carbocycles. The lowest BCUT2D eigenvalue weighted by molar-refractivity contribution is 0.0194. The van der Waals surface area contributed by atoms with Crippen molar-refractivity contribution in [2.45, 2.75) is 25.9 Å². The van der Waals surface area contributed by atoms with Gasteiger partial charge in [0.15, 0.2) is 0 Å². The maximum atomic E-state index is 15.0. The minimum absolute atomic E-state index is 0.299. The Morgan fingerprint density at radius 3 is 1.46 bits per heavy atom. The second-order valence-electron chi connectivity index (χ2n) is 6.92. The quantitative estimate of drug-likeness (QED) is 0.729. The molecule has 0 unspecified atom stereocenters. The number of hydrogen-bond acceptors (Lipinski definition) is 4. The molecular formula is C22H28F2N2O2. The highest BCUT2D eigenvalue weighted by atomic mass is 19.1. The largest absolute Gasteiger partial charge is 0.497 e. The average Bonchev–Trinajstić information content (AvgIpc) is 2.72. The highest BCUT2D eigenvalue weighted by Gasteiger charge is 2.39. The van der Waals surface area contributed by atoms with Gasteiger partial charge in [0.05, 0.1) is 26.3 Å². The first kappa shape index (κ1) is 20.6. The van der Waals surface area contributed by atoms with E-state index in [4.69, 9.17) is 9.47 Å². The predicted octanol–water partition coefficient (Wildman–Crippen LogP) is 4.42. The van der Waals surface area contributed by atoms with Crippen LogP contribution in [0.1, 0.15) is 37.1 Å². The number of halogens is 2. The molecule has 4 nitrogen and oxygen atoms in total. The number of likely N-dealkylation sites (N-methyl/N-ethyl adjacent to an activating group) is 2. The Morgan fingerprint density at radius 1 is 0.786 bits per heavy atom. The van der Waals surface area contributed by atoms with E-state index in [2.05, 4.69) is 23.6 Å². The summed E-state index contributed by atoms with van der Waals surface area (Å²) in [7, 11) is 3.03. The van der Waals surface area contributed by atoms with Gasteiger partial charge in [0.25, 0.3) is 0 Å². The first-order valence-corrected chi connectivity index (χ1v) is 9.68. The third-order valence-corrected chi connectivity index (χ3v) is 5.63. The van der Waals surface area contributed by atoms with Crippen LogP contribution in [0.5, 0.6) is 11.5 Å². The smallest absolute Gasteiger partial charge is 0.131 e. The van der Waals surface area contributed by atoms with Gasteiger partial charge in [-0.2, -0.15) is 0 Å². The summed E-state index contributed by atoms with van der Waals surface area (Å²) in [6, 6.07) is 9.24. The lowest BCUT2D eigenvalue weighted by Crippen LogP contribution is -2.50. The van der Waals surface area contributed by atoms with Gasteiger partial charge in [-0.3, -0.25) is 9.80 Å². The number of rotatable bonds is 6. The minimum atomic E-state index is -0.334. The van der Waals surface area contributed by atoms with Crippen molar-refractivity contribution in [3.63, 3.8) is 0 Å². The third-order valence-electron chi connectivity index (χ3n) is 5.63. The van der Waals surface area contributed by atoms with E-state index in [0.717, 1.165) is 26.2 Å². The first-order valence-electron chi connectivity index (χ1n) is 9.68. The second kappa shape index (κ2) is 8.88. The van der Waals surface area contributed by atoms with Crippen LogP contribution in [0.25, 0.3) is 0 Å². The summed E-state index contributed by atoms with van der Waals surface area (Å²) in [5.74, 6) is 0.276. The zero-order chi connectivity index (χ0) is 20.3. The van der Waals surface area contributed by atoms with E-state index < -0.39 is 0 Å². The summed E-state index contributed by atoms with van der Waals surface area (Å²) < 4.78 is 40.4. The Labute approximate surface area is 165 Å². The van der Waals surface area contributed by atoms with Gasteiger partial charge in [-0.05, 0) is 25.2 Å². The van der Waals surface area contributed by atoms with Gasteiger partial charge in [-0.25, -0.2) is 8.78 Å². The molecule has 152 valence electrons. The highest BCUT2D eigenvalue weighted by molar-refractivity contribution is 5.37. The Balaban J connectivity index is 2.13. The predicted molar refractivity (Wildman–Crippen MR) is 106 cm³/mol. The Bertz CT molecular complexity index is 748. The summed E-state index contributed by atoms with van der Waals surface area (Å²) in [6.45, 7) is 7.21. The van der Waals surface area contributed by atoms with Crippen LogP contribution in [0.2, 0.25) is 0 Å². The first-order chi connectivity index (χ1) is 13.5. The number of nitrogens with zero attached hydrogens (tertiary/aromatic N) is 2. The molecule has 1 saturated heterocycles. The van der Waals surface area contributed by atoms with Crippen molar-refractivity contribution in [3.05, 3.63) is 59.2 Å². The molecule has 1 aliphatic heterocycles. The van der Waals surface area contributed by atoms with Gasteiger partial charge >= 0.3 is 0 Å². The number of methoxy groups -OCH3 is 2. The third kappa shape index (κ3) is 3.84. The Hall–Kier alpha value is -2.18. The summed E-state index contributed by atoms with van der Waals surface area (Å²) >= 11 is 0. The molecule has 0 aromatic heterocycles. The standard InChI is InChI=1S/C22H28F2N2O2/c1-5-25-11-12-26(6-2)22(18-10-8-16(28-4)14-20(18)24)21(25)17-9-7-15(27-3)13-19(17)23/h7-10,13-14,21-22H,5-6,11-12H2,1-4H3/t21-,22+. The monoisotopic (exact) mass is 390 g/mol. The summed E-state index contributed by atoms with van der Waals surface area (Å²) in [4.78, 5) is 4.43. The van der Waals surface area contributed by atoms with Gasteiger partial charge in [0.2, 0.25) is 0 Å². The molecule has 1 fully saturated rings. The maximum Gasteiger partial charge on any atom is 0.131 e. The van der Waals surface area contributed by atoms with Crippen LogP contribution in [-0.2, 0) is 0 Å². The van der Waals surface area contributed by atoms with Crippen LogP contribution >= 0.6 is 0 Å². The minimum Gasteiger partial charge on any atom is -0.497 e. The molecule has 1 aliphatic rings. The molecular weight excluding hydrogens is 362 g/mol. The molecule has 1 heterocycles. The molecule has 0 aliphatic carbocycles. The average molecular weight is 390 g/mol. The molecule has 2 atom stereocenters. The number of hydrogen-bond donors (Lipinski definition) is 0. The Kier molecular flexibility index (Phi) is 6.52.